The van der Waals surface area contributed by atoms with Crippen LogP contribution in [0.25, 0.3) is 0 Å². The van der Waals surface area contributed by atoms with Crippen LogP contribution in [-0.2, 0) is 4.79 Å². The van der Waals surface area contributed by atoms with Gasteiger partial charge < -0.3 is 20.1 Å². The van der Waals surface area contributed by atoms with Crippen molar-refractivity contribution in [2.45, 2.75) is 89.1 Å². The van der Waals surface area contributed by atoms with Crippen LogP contribution in [-0.4, -0.2) is 25.1 Å². The van der Waals surface area contributed by atoms with Crippen LogP contribution in [0.15, 0.2) is 42.5 Å². The van der Waals surface area contributed by atoms with Crippen molar-refractivity contribution in [1.29, 1.82) is 0 Å². The number of hydrogen-bond donors (Lipinski definition) is 2. The Bertz CT molecular complexity index is 973. The number of fused-ring (bicyclic) bond motifs is 2. The van der Waals surface area contributed by atoms with Gasteiger partial charge in [0.15, 0.2) is 0 Å². The smallest absolute Gasteiger partial charge is 0.237 e. The molecule has 1 amide bonds. The number of rotatable bonds is 5. The van der Waals surface area contributed by atoms with E-state index in [0.717, 1.165) is 54.4 Å². The summed E-state index contributed by atoms with van der Waals surface area (Å²) in [5.74, 6) is 3.09. The van der Waals surface area contributed by atoms with E-state index in [1.54, 1.807) is 0 Å². The summed E-state index contributed by atoms with van der Waals surface area (Å²) >= 11 is 0. The van der Waals surface area contributed by atoms with E-state index >= 15 is 0 Å². The van der Waals surface area contributed by atoms with Crippen LogP contribution in [0.5, 0.6) is 17.2 Å². The van der Waals surface area contributed by atoms with Gasteiger partial charge in [0.2, 0.25) is 5.91 Å². The summed E-state index contributed by atoms with van der Waals surface area (Å²) in [7, 11) is 0. The van der Waals surface area contributed by atoms with Gasteiger partial charge in [-0.05, 0) is 56.3 Å². The van der Waals surface area contributed by atoms with Gasteiger partial charge in [0.25, 0.3) is 0 Å². The first-order chi connectivity index (χ1) is 17.3. The lowest BCUT2D eigenvalue weighted by Crippen LogP contribution is -2.42. The number of carbonyl (C=O) groups is 1. The molecule has 2 fully saturated rings. The van der Waals surface area contributed by atoms with Gasteiger partial charge in [-0.25, -0.2) is 0 Å². The molecule has 188 valence electrons. The summed E-state index contributed by atoms with van der Waals surface area (Å²) in [5, 5.41) is 6.59. The first kappa shape index (κ1) is 24.2. The standard InChI is InChI=1S/C30H40N2O3/c33-30(26-15-11-19-31-26)32-29-24-14-9-10-16-27(24)35-28-20-23(17-18-25(28)29)34-21-22-12-7-5-3-1-2-4-6-8-13-22/h9-10,14,16-18,20,22,26,29,31H,1-8,11-13,15,19,21H2,(H,32,33). The van der Waals surface area contributed by atoms with E-state index in [1.165, 1.54) is 64.2 Å². The maximum Gasteiger partial charge on any atom is 0.237 e. The maximum absolute atomic E-state index is 13.0. The van der Waals surface area contributed by atoms with E-state index in [4.69, 9.17) is 9.47 Å². The topological polar surface area (TPSA) is 59.6 Å². The molecule has 0 bridgehead atoms. The third kappa shape index (κ3) is 6.19. The number of hydrogen-bond acceptors (Lipinski definition) is 4. The van der Waals surface area contributed by atoms with Crippen molar-refractivity contribution in [3.8, 4) is 17.2 Å². The Morgan fingerprint density at radius 3 is 2.31 bits per heavy atom. The molecule has 2 unspecified atom stereocenters. The van der Waals surface area contributed by atoms with Gasteiger partial charge in [0.05, 0.1) is 18.7 Å². The molecule has 0 aromatic heterocycles. The second-order valence-corrected chi connectivity index (χ2v) is 10.5. The zero-order chi connectivity index (χ0) is 23.9. The van der Waals surface area contributed by atoms with Crippen LogP contribution in [0.3, 0.4) is 0 Å². The van der Waals surface area contributed by atoms with Gasteiger partial charge in [-0.15, -0.1) is 0 Å². The monoisotopic (exact) mass is 476 g/mol. The van der Waals surface area contributed by atoms with E-state index in [2.05, 4.69) is 16.7 Å². The van der Waals surface area contributed by atoms with Gasteiger partial charge in [0.1, 0.15) is 17.2 Å². The van der Waals surface area contributed by atoms with Gasteiger partial charge in [0, 0.05) is 17.2 Å². The molecule has 0 radical (unpaired) electrons. The van der Waals surface area contributed by atoms with Crippen LogP contribution in [0, 0.1) is 5.92 Å². The molecule has 5 heteroatoms. The molecule has 2 heterocycles. The third-order valence-corrected chi connectivity index (χ3v) is 7.87. The van der Waals surface area contributed by atoms with E-state index in [0.29, 0.717) is 5.92 Å². The van der Waals surface area contributed by atoms with Crippen molar-refractivity contribution < 1.29 is 14.3 Å². The Morgan fingerprint density at radius 1 is 0.857 bits per heavy atom. The first-order valence-corrected chi connectivity index (χ1v) is 13.9. The molecule has 0 spiro atoms. The van der Waals surface area contributed by atoms with Gasteiger partial charge in [-0.1, -0.05) is 69.6 Å². The lowest BCUT2D eigenvalue weighted by Gasteiger charge is -2.30. The highest BCUT2D eigenvalue weighted by Crippen LogP contribution is 2.44. The molecule has 2 aromatic rings. The van der Waals surface area contributed by atoms with Gasteiger partial charge >= 0.3 is 0 Å². The number of ether oxygens (including phenoxy) is 2. The second kappa shape index (κ2) is 11.9. The number of nitrogens with one attached hydrogen (secondary N) is 2. The van der Waals surface area contributed by atoms with Crippen molar-refractivity contribution >= 4 is 5.91 Å². The molecule has 5 nitrogen and oxygen atoms in total. The van der Waals surface area contributed by atoms with Crippen molar-refractivity contribution in [1.82, 2.24) is 10.6 Å². The summed E-state index contributed by atoms with van der Waals surface area (Å²) in [6.45, 7) is 1.67. The number of amides is 1. The van der Waals surface area contributed by atoms with Gasteiger partial charge in [-0.2, -0.15) is 0 Å². The molecule has 2 N–H and O–H groups in total. The van der Waals surface area contributed by atoms with Crippen molar-refractivity contribution in [3.63, 3.8) is 0 Å². The second-order valence-electron chi connectivity index (χ2n) is 10.5. The molecule has 1 saturated carbocycles. The molecule has 3 aliphatic rings. The molecule has 2 aliphatic heterocycles. The van der Waals surface area contributed by atoms with E-state index in [-0.39, 0.29) is 18.0 Å². The SMILES string of the molecule is O=C(NC1c2ccccc2Oc2cc(OCC3CCCCCCCCCC3)ccc21)C1CCCN1. The number of carbonyl (C=O) groups excluding carboxylic acids is 1. The fourth-order valence-corrected chi connectivity index (χ4v) is 5.79. The summed E-state index contributed by atoms with van der Waals surface area (Å²) in [6.07, 6.45) is 15.4. The van der Waals surface area contributed by atoms with Crippen LogP contribution < -0.4 is 20.1 Å². The average Bonchev–Trinajstić information content (AvgIpc) is 3.40. The molecule has 2 aromatic carbocycles. The minimum Gasteiger partial charge on any atom is -0.493 e. The van der Waals surface area contributed by atoms with Crippen LogP contribution in [0.4, 0.5) is 0 Å². The molecule has 1 aliphatic carbocycles. The zero-order valence-corrected chi connectivity index (χ0v) is 20.9. The van der Waals surface area contributed by atoms with Crippen LogP contribution in [0.2, 0.25) is 0 Å². The van der Waals surface area contributed by atoms with Crippen LogP contribution in [0.1, 0.15) is 94.2 Å². The van der Waals surface area contributed by atoms with Crippen molar-refractivity contribution in [2.75, 3.05) is 13.2 Å². The Morgan fingerprint density at radius 2 is 1.57 bits per heavy atom. The lowest BCUT2D eigenvalue weighted by atomic mass is 9.94. The molecule has 2 atom stereocenters. The zero-order valence-electron chi connectivity index (χ0n) is 20.9. The Balaban J connectivity index is 1.28. The highest BCUT2D eigenvalue weighted by atomic mass is 16.5. The fraction of sp³-hybridized carbons (Fsp3) is 0.567. The lowest BCUT2D eigenvalue weighted by molar-refractivity contribution is -0.123. The first-order valence-electron chi connectivity index (χ1n) is 13.9. The Kier molecular flexibility index (Phi) is 8.25. The van der Waals surface area contributed by atoms with E-state index < -0.39 is 0 Å². The summed E-state index contributed by atoms with van der Waals surface area (Å²) in [5.41, 5.74) is 1.98. The molecule has 5 rings (SSSR count). The molecular weight excluding hydrogens is 436 g/mol. The van der Waals surface area contributed by atoms with Crippen molar-refractivity contribution in [2.24, 2.45) is 5.92 Å². The summed E-state index contributed by atoms with van der Waals surface area (Å²) < 4.78 is 12.6. The van der Waals surface area contributed by atoms with E-state index in [9.17, 15) is 4.79 Å². The normalized spacial score (nSPS) is 23.3. The van der Waals surface area contributed by atoms with E-state index in [1.807, 2.05) is 36.4 Å². The minimum absolute atomic E-state index is 0.0577. The quantitative estimate of drug-likeness (QED) is 0.507. The Labute approximate surface area is 210 Å². The minimum atomic E-state index is -0.221. The van der Waals surface area contributed by atoms with Crippen LogP contribution >= 0.6 is 0 Å². The van der Waals surface area contributed by atoms with Crippen molar-refractivity contribution in [3.05, 3.63) is 53.6 Å². The predicted molar refractivity (Wildman–Crippen MR) is 139 cm³/mol. The number of benzene rings is 2. The summed E-state index contributed by atoms with van der Waals surface area (Å²) in [6, 6.07) is 13.8. The average molecular weight is 477 g/mol. The number of para-hydroxylation sites is 1. The third-order valence-electron chi connectivity index (χ3n) is 7.87. The molecular formula is C30H40N2O3. The highest BCUT2D eigenvalue weighted by Gasteiger charge is 2.31. The molecule has 35 heavy (non-hydrogen) atoms. The predicted octanol–water partition coefficient (Wildman–Crippen LogP) is 6.66. The highest BCUT2D eigenvalue weighted by molar-refractivity contribution is 5.83. The fourth-order valence-electron chi connectivity index (χ4n) is 5.79. The maximum atomic E-state index is 13.0. The van der Waals surface area contributed by atoms with Gasteiger partial charge in [-0.3, -0.25) is 4.79 Å². The summed E-state index contributed by atoms with van der Waals surface area (Å²) in [4.78, 5) is 13.0. The largest absolute Gasteiger partial charge is 0.493 e. The molecule has 1 saturated heterocycles. The Hall–Kier alpha value is -2.53.